The Kier molecular flexibility index (Phi) is 10.8. The Bertz CT molecular complexity index is 1240. The highest BCUT2D eigenvalue weighted by molar-refractivity contribution is 7.91. The van der Waals surface area contributed by atoms with Crippen LogP contribution in [0.25, 0.3) is 0 Å². The van der Waals surface area contributed by atoms with Gasteiger partial charge in [0.15, 0.2) is 10.7 Å². The Hall–Kier alpha value is -1.45. The van der Waals surface area contributed by atoms with Crippen molar-refractivity contribution in [2.24, 2.45) is 34.5 Å². The molecule has 1 aromatic rings. The maximum absolute atomic E-state index is 15.0. The molecule has 1 aromatic carbocycles. The molecule has 0 aromatic heterocycles. The number of fused-ring (bicyclic) bond motifs is 5. The summed E-state index contributed by atoms with van der Waals surface area (Å²) in [6.07, 6.45) is 7.30. The summed E-state index contributed by atoms with van der Waals surface area (Å²) in [5.41, 5.74) is -3.76. The van der Waals surface area contributed by atoms with Crippen LogP contribution in [0.5, 0.6) is 0 Å². The number of carbonyl (C=O) groups is 1. The Morgan fingerprint density at radius 1 is 0.870 bits per heavy atom. The maximum atomic E-state index is 15.0. The van der Waals surface area contributed by atoms with Gasteiger partial charge in [0.05, 0.1) is 0 Å². The van der Waals surface area contributed by atoms with Gasteiger partial charge in [0.2, 0.25) is 0 Å². The number of benzene rings is 1. The van der Waals surface area contributed by atoms with Gasteiger partial charge in [-0.15, -0.1) is 0 Å². The van der Waals surface area contributed by atoms with Crippen molar-refractivity contribution in [3.8, 4) is 0 Å². The summed E-state index contributed by atoms with van der Waals surface area (Å²) in [5.74, 6) is -4.62. The summed E-state index contributed by atoms with van der Waals surface area (Å²) in [6.45, 7) is 3.67. The molecule has 8 atom stereocenters. The summed E-state index contributed by atoms with van der Waals surface area (Å²) in [6, 6.07) is 9.54. The Morgan fingerprint density at radius 2 is 1.48 bits per heavy atom. The van der Waals surface area contributed by atoms with E-state index in [2.05, 4.69) is 6.92 Å². The van der Waals surface area contributed by atoms with E-state index in [1.54, 1.807) is 6.08 Å². The minimum atomic E-state index is -5.81. The van der Waals surface area contributed by atoms with Gasteiger partial charge in [-0.05, 0) is 116 Å². The van der Waals surface area contributed by atoms with Gasteiger partial charge < -0.3 is 9.66 Å². The first-order chi connectivity index (χ1) is 21.7. The zero-order valence-electron chi connectivity index (χ0n) is 27.4. The molecule has 46 heavy (non-hydrogen) atoms. The topological polar surface area (TPSA) is 60.4 Å². The SMILES string of the molecule is C[C@]12CCC(=O)C=C1C[C@@H](CCCCCCCCCC[S+]([O-])c1ccccc1)[C@@H]1[C@@H]2CC[C@@]2(C)[C@H]1CC[C@@]2(O)C(F)(F)C(F)(F)F. The lowest BCUT2D eigenvalue weighted by atomic mass is 9.43. The summed E-state index contributed by atoms with van der Waals surface area (Å²) < 4.78 is 83.5. The van der Waals surface area contributed by atoms with Crippen LogP contribution in [0, 0.1) is 34.5 Å². The van der Waals surface area contributed by atoms with Gasteiger partial charge in [-0.2, -0.15) is 22.0 Å². The lowest BCUT2D eigenvalue weighted by molar-refractivity contribution is -0.364. The van der Waals surface area contributed by atoms with Gasteiger partial charge in [0.1, 0.15) is 11.4 Å². The highest BCUT2D eigenvalue weighted by Crippen LogP contribution is 2.72. The molecule has 0 bridgehead atoms. The van der Waals surface area contributed by atoms with Gasteiger partial charge in [-0.25, -0.2) is 0 Å². The molecule has 4 aliphatic carbocycles. The van der Waals surface area contributed by atoms with E-state index in [9.17, 15) is 27.6 Å². The fraction of sp³-hybridized carbons (Fsp3) is 0.757. The number of aliphatic hydroxyl groups is 1. The Morgan fingerprint density at radius 3 is 2.13 bits per heavy atom. The van der Waals surface area contributed by atoms with E-state index < -0.39 is 46.6 Å². The lowest BCUT2D eigenvalue weighted by Crippen LogP contribution is -2.66. The summed E-state index contributed by atoms with van der Waals surface area (Å²) in [7, 11) is 0. The average Bonchev–Trinajstić information content (AvgIpc) is 3.30. The quantitative estimate of drug-likeness (QED) is 0.129. The number of halogens is 5. The minimum Gasteiger partial charge on any atom is -0.611 e. The van der Waals surface area contributed by atoms with Crippen molar-refractivity contribution in [2.45, 2.75) is 139 Å². The third-order valence-corrected chi connectivity index (χ3v) is 14.3. The van der Waals surface area contributed by atoms with Gasteiger partial charge in [0.25, 0.3) is 0 Å². The van der Waals surface area contributed by atoms with Crippen molar-refractivity contribution in [1.29, 1.82) is 0 Å². The molecule has 4 aliphatic rings. The largest absolute Gasteiger partial charge is 0.611 e. The standard InChI is InChI=1S/C37H51F5O3S/c1-33-20-17-28(43)25-27(33)24-26(14-10-7-5-3-4-6-8-13-23-46(45)29-15-11-9-12-16-29)32-30(33)18-21-34(2)31(32)19-22-35(34,44)36(38,39)37(40,41)42/h9,11-12,15-16,25-26,30-32,44H,3-8,10,13-14,17-24H2,1-2H3/t26-,30+,31+,32-,33+,34+,35+,46?/m1/s1. The molecule has 3 fully saturated rings. The number of hydrogen-bond acceptors (Lipinski definition) is 3. The molecule has 5 rings (SSSR count). The first kappa shape index (κ1) is 35.8. The van der Waals surface area contributed by atoms with E-state index >= 15 is 8.78 Å². The second-order valence-electron chi connectivity index (χ2n) is 15.2. The number of allylic oxidation sites excluding steroid dienone is 1. The molecule has 0 aliphatic heterocycles. The van der Waals surface area contributed by atoms with Crippen molar-refractivity contribution in [1.82, 2.24) is 0 Å². The molecule has 0 saturated heterocycles. The van der Waals surface area contributed by atoms with E-state index in [-0.39, 0.29) is 41.8 Å². The van der Waals surface area contributed by atoms with Gasteiger partial charge in [-0.1, -0.05) is 76.1 Å². The summed E-state index contributed by atoms with van der Waals surface area (Å²) >= 11 is -0.949. The first-order valence-corrected chi connectivity index (χ1v) is 18.8. The van der Waals surface area contributed by atoms with Crippen LogP contribution in [-0.4, -0.2) is 38.9 Å². The fourth-order valence-corrected chi connectivity index (χ4v) is 11.3. The van der Waals surface area contributed by atoms with E-state index in [1.807, 2.05) is 30.3 Å². The molecule has 0 radical (unpaired) electrons. The lowest BCUT2D eigenvalue weighted by Gasteiger charge is -2.62. The molecule has 0 amide bonds. The molecular formula is C37H51F5O3S. The van der Waals surface area contributed by atoms with Crippen LogP contribution in [0.1, 0.15) is 117 Å². The van der Waals surface area contributed by atoms with E-state index in [1.165, 1.54) is 6.92 Å². The monoisotopic (exact) mass is 670 g/mol. The number of unbranched alkanes of at least 4 members (excludes halogenated alkanes) is 7. The van der Waals surface area contributed by atoms with Crippen molar-refractivity contribution in [3.05, 3.63) is 42.0 Å². The van der Waals surface area contributed by atoms with Crippen LogP contribution >= 0.6 is 0 Å². The van der Waals surface area contributed by atoms with Crippen LogP contribution in [-0.2, 0) is 16.0 Å². The molecule has 9 heteroatoms. The molecule has 1 N–H and O–H groups in total. The predicted octanol–water partition coefficient (Wildman–Crippen LogP) is 9.99. The molecule has 0 heterocycles. The summed E-state index contributed by atoms with van der Waals surface area (Å²) in [4.78, 5) is 13.3. The van der Waals surface area contributed by atoms with Crippen molar-refractivity contribution >= 4 is 17.0 Å². The normalized spacial score (nSPS) is 35.2. The molecular weight excluding hydrogens is 619 g/mol. The van der Waals surface area contributed by atoms with E-state index in [0.29, 0.717) is 31.4 Å². The molecule has 1 unspecified atom stereocenters. The third kappa shape index (κ3) is 6.47. The number of alkyl halides is 5. The number of ketones is 1. The molecule has 3 saturated carbocycles. The zero-order chi connectivity index (χ0) is 33.4. The average molecular weight is 671 g/mol. The van der Waals surface area contributed by atoms with Crippen molar-refractivity contribution < 1.29 is 36.4 Å². The predicted molar refractivity (Wildman–Crippen MR) is 171 cm³/mol. The second kappa shape index (κ2) is 13.8. The first-order valence-electron chi connectivity index (χ1n) is 17.5. The smallest absolute Gasteiger partial charge is 0.456 e. The Labute approximate surface area is 274 Å². The van der Waals surface area contributed by atoms with Gasteiger partial charge >= 0.3 is 12.1 Å². The third-order valence-electron chi connectivity index (χ3n) is 12.8. The van der Waals surface area contributed by atoms with Crippen molar-refractivity contribution in [3.63, 3.8) is 0 Å². The number of rotatable bonds is 13. The molecule has 258 valence electrons. The van der Waals surface area contributed by atoms with Gasteiger partial charge in [0, 0.05) is 11.8 Å². The van der Waals surface area contributed by atoms with Crippen LogP contribution in [0.15, 0.2) is 46.9 Å². The van der Waals surface area contributed by atoms with Crippen LogP contribution in [0.2, 0.25) is 0 Å². The van der Waals surface area contributed by atoms with Crippen LogP contribution in [0.3, 0.4) is 0 Å². The van der Waals surface area contributed by atoms with E-state index in [4.69, 9.17) is 0 Å². The molecule has 3 nitrogen and oxygen atoms in total. The van der Waals surface area contributed by atoms with Crippen molar-refractivity contribution in [2.75, 3.05) is 5.75 Å². The van der Waals surface area contributed by atoms with E-state index in [0.717, 1.165) is 68.3 Å². The zero-order valence-corrected chi connectivity index (χ0v) is 28.2. The Balaban J connectivity index is 1.17. The number of hydrogen-bond donors (Lipinski definition) is 1. The maximum Gasteiger partial charge on any atom is 0.456 e. The summed E-state index contributed by atoms with van der Waals surface area (Å²) in [5, 5.41) is 11.3. The second-order valence-corrected chi connectivity index (χ2v) is 16.8. The minimum absolute atomic E-state index is 0.0476. The fourth-order valence-electron chi connectivity index (χ4n) is 10.2. The highest BCUT2D eigenvalue weighted by atomic mass is 32.2. The highest BCUT2D eigenvalue weighted by Gasteiger charge is 2.79. The van der Waals surface area contributed by atoms with Crippen LogP contribution in [0.4, 0.5) is 22.0 Å². The van der Waals surface area contributed by atoms with Gasteiger partial charge in [-0.3, -0.25) is 4.79 Å². The number of carbonyl (C=O) groups excluding carboxylic acids is 1. The molecule has 0 spiro atoms. The van der Waals surface area contributed by atoms with Crippen LogP contribution < -0.4 is 0 Å².